The van der Waals surface area contributed by atoms with Gasteiger partial charge in [-0.3, -0.25) is 4.79 Å². The highest BCUT2D eigenvalue weighted by atomic mass is 35.5. The molecule has 1 aliphatic heterocycles. The van der Waals surface area contributed by atoms with Crippen molar-refractivity contribution < 1.29 is 23.1 Å². The maximum absolute atomic E-state index is 12.6. The van der Waals surface area contributed by atoms with Crippen LogP contribution in [0, 0.1) is 11.8 Å². The molecule has 1 N–H and O–H groups in total. The normalized spacial score (nSPS) is 17.8. The van der Waals surface area contributed by atoms with Crippen molar-refractivity contribution in [3.63, 3.8) is 0 Å². The van der Waals surface area contributed by atoms with Crippen molar-refractivity contribution in [3.05, 3.63) is 29.3 Å². The molecule has 1 fully saturated rings. The van der Waals surface area contributed by atoms with E-state index < -0.39 is 28.0 Å². The molecule has 1 aromatic rings. The van der Waals surface area contributed by atoms with E-state index in [1.807, 2.05) is 0 Å². The number of aliphatic carboxylic acids is 1. The lowest BCUT2D eigenvalue weighted by molar-refractivity contribution is -0.309. The molecule has 0 radical (unpaired) electrons. The van der Waals surface area contributed by atoms with Crippen LogP contribution >= 0.6 is 11.6 Å². The van der Waals surface area contributed by atoms with Gasteiger partial charge < -0.3 is 15.2 Å². The quantitative estimate of drug-likeness (QED) is 0.752. The average Bonchev–Trinajstić information content (AvgIpc) is 2.59. The Balaban J connectivity index is 1.99. The summed E-state index contributed by atoms with van der Waals surface area (Å²) >= 11 is 5.79. The van der Waals surface area contributed by atoms with Crippen LogP contribution in [0.2, 0.25) is 5.02 Å². The highest BCUT2D eigenvalue weighted by Crippen LogP contribution is 2.25. The van der Waals surface area contributed by atoms with Crippen molar-refractivity contribution in [2.45, 2.75) is 37.6 Å². The first-order valence-electron chi connectivity index (χ1n) is 8.40. The molecule has 7 nitrogen and oxygen atoms in total. The van der Waals surface area contributed by atoms with E-state index in [1.54, 1.807) is 13.8 Å². The van der Waals surface area contributed by atoms with Gasteiger partial charge in [0.1, 0.15) is 0 Å². The lowest BCUT2D eigenvalue weighted by Crippen LogP contribution is -2.53. The number of piperidine rings is 1. The highest BCUT2D eigenvalue weighted by molar-refractivity contribution is 7.89. The van der Waals surface area contributed by atoms with Crippen LogP contribution in [-0.2, 0) is 19.6 Å². The Morgan fingerprint density at radius 1 is 1.19 bits per heavy atom. The maximum atomic E-state index is 12.6. The number of hydrogen-bond donors (Lipinski definition) is 1. The van der Waals surface area contributed by atoms with Crippen LogP contribution < -0.4 is 10.4 Å². The van der Waals surface area contributed by atoms with Crippen LogP contribution in [0.4, 0.5) is 0 Å². The van der Waals surface area contributed by atoms with Gasteiger partial charge in [0.05, 0.1) is 16.9 Å². The molecule has 26 heavy (non-hydrogen) atoms. The van der Waals surface area contributed by atoms with Gasteiger partial charge in [0.15, 0.2) is 0 Å². The Bertz CT molecular complexity index is 756. The molecule has 0 saturated carbocycles. The first-order valence-corrected chi connectivity index (χ1v) is 10.2. The van der Waals surface area contributed by atoms with Crippen molar-refractivity contribution in [1.29, 1.82) is 0 Å². The average molecular weight is 402 g/mol. The molecule has 1 amide bonds. The van der Waals surface area contributed by atoms with E-state index in [4.69, 9.17) is 11.6 Å². The van der Waals surface area contributed by atoms with Gasteiger partial charge in [0.25, 0.3) is 0 Å². The Morgan fingerprint density at radius 3 is 2.19 bits per heavy atom. The summed E-state index contributed by atoms with van der Waals surface area (Å²) in [4.78, 5) is 23.6. The van der Waals surface area contributed by atoms with Gasteiger partial charge in [-0.25, -0.2) is 8.42 Å². The van der Waals surface area contributed by atoms with Crippen molar-refractivity contribution in [2.75, 3.05) is 13.1 Å². The van der Waals surface area contributed by atoms with Crippen molar-refractivity contribution in [3.8, 4) is 0 Å². The maximum Gasteiger partial charge on any atom is 0.243 e. The third-order valence-electron chi connectivity index (χ3n) is 4.49. The molecule has 1 saturated heterocycles. The van der Waals surface area contributed by atoms with Gasteiger partial charge >= 0.3 is 0 Å². The Morgan fingerprint density at radius 2 is 1.73 bits per heavy atom. The Labute approximate surface area is 158 Å². The van der Waals surface area contributed by atoms with Crippen LogP contribution in [-0.4, -0.2) is 43.7 Å². The van der Waals surface area contributed by atoms with E-state index in [2.05, 4.69) is 5.32 Å². The van der Waals surface area contributed by atoms with Gasteiger partial charge in [-0.2, -0.15) is 4.31 Å². The largest absolute Gasteiger partial charge is 0.548 e. The molecule has 2 rings (SSSR count). The zero-order chi connectivity index (χ0) is 19.5. The first kappa shape index (κ1) is 20.7. The lowest BCUT2D eigenvalue weighted by Gasteiger charge is -2.32. The summed E-state index contributed by atoms with van der Waals surface area (Å²) in [6.45, 7) is 3.76. The van der Waals surface area contributed by atoms with Crippen LogP contribution in [0.1, 0.15) is 26.7 Å². The summed E-state index contributed by atoms with van der Waals surface area (Å²) in [5.74, 6) is -2.42. The number of nitrogens with zero attached hydrogens (tertiary/aromatic N) is 1. The molecule has 9 heteroatoms. The number of halogens is 1. The topological polar surface area (TPSA) is 107 Å². The number of nitrogens with one attached hydrogen (secondary N) is 1. The predicted octanol–water partition coefficient (Wildman–Crippen LogP) is 0.631. The molecular weight excluding hydrogens is 380 g/mol. The number of amides is 1. The number of carbonyl (C=O) groups excluding carboxylic acids is 2. The standard InChI is InChI=1S/C17H23ClN2O5S/c1-11(2)15(17(22)23)19-16(21)12-7-9-20(10-8-12)26(24,25)14-5-3-13(18)4-6-14/h3-6,11-12,15H,7-10H2,1-2H3,(H,19,21)(H,22,23)/p-1/t15-/m0/s1. The van der Waals surface area contributed by atoms with Gasteiger partial charge in [-0.05, 0) is 43.0 Å². The number of benzene rings is 1. The minimum absolute atomic E-state index is 0.154. The summed E-state index contributed by atoms with van der Waals surface area (Å²) in [6.07, 6.45) is 0.660. The second-order valence-corrected chi connectivity index (χ2v) is 9.06. The van der Waals surface area contributed by atoms with Gasteiger partial charge in [0.2, 0.25) is 15.9 Å². The fourth-order valence-corrected chi connectivity index (χ4v) is 4.48. The molecule has 1 atom stereocenters. The van der Waals surface area contributed by atoms with Gasteiger partial charge in [-0.1, -0.05) is 25.4 Å². The van der Waals surface area contributed by atoms with E-state index in [1.165, 1.54) is 28.6 Å². The minimum atomic E-state index is -3.64. The summed E-state index contributed by atoms with van der Waals surface area (Å²) in [6, 6.07) is 4.87. The summed E-state index contributed by atoms with van der Waals surface area (Å²) in [5, 5.41) is 14.0. The van der Waals surface area contributed by atoms with E-state index in [9.17, 15) is 23.1 Å². The van der Waals surface area contributed by atoms with Crippen molar-refractivity contribution >= 4 is 33.5 Å². The van der Waals surface area contributed by atoms with Gasteiger partial charge in [-0.15, -0.1) is 0 Å². The molecule has 0 aromatic heterocycles. The predicted molar refractivity (Wildman–Crippen MR) is 94.7 cm³/mol. The minimum Gasteiger partial charge on any atom is -0.548 e. The monoisotopic (exact) mass is 401 g/mol. The lowest BCUT2D eigenvalue weighted by atomic mass is 9.95. The molecule has 1 heterocycles. The molecule has 0 aliphatic carbocycles. The number of carboxylic acids is 1. The summed E-state index contributed by atoms with van der Waals surface area (Å²) < 4.78 is 26.6. The molecular formula is C17H22ClN2O5S-. The first-order chi connectivity index (χ1) is 12.1. The third-order valence-corrected chi connectivity index (χ3v) is 6.66. The number of sulfonamides is 1. The molecule has 0 unspecified atom stereocenters. The molecule has 0 spiro atoms. The molecule has 1 aliphatic rings. The van der Waals surface area contributed by atoms with E-state index in [0.29, 0.717) is 17.9 Å². The fourth-order valence-electron chi connectivity index (χ4n) is 2.88. The summed E-state index contributed by atoms with van der Waals surface area (Å²) in [7, 11) is -3.64. The Kier molecular flexibility index (Phi) is 6.65. The van der Waals surface area contributed by atoms with Crippen molar-refractivity contribution in [2.24, 2.45) is 11.8 Å². The zero-order valence-electron chi connectivity index (χ0n) is 14.6. The van der Waals surface area contributed by atoms with Crippen LogP contribution in [0.5, 0.6) is 0 Å². The number of rotatable bonds is 6. The second-order valence-electron chi connectivity index (χ2n) is 6.68. The highest BCUT2D eigenvalue weighted by Gasteiger charge is 2.33. The second kappa shape index (κ2) is 8.37. The zero-order valence-corrected chi connectivity index (χ0v) is 16.2. The molecule has 0 bridgehead atoms. The van der Waals surface area contributed by atoms with E-state index in [-0.39, 0.29) is 29.8 Å². The number of carbonyl (C=O) groups is 2. The van der Waals surface area contributed by atoms with Crippen LogP contribution in [0.3, 0.4) is 0 Å². The van der Waals surface area contributed by atoms with Crippen LogP contribution in [0.25, 0.3) is 0 Å². The number of hydrogen-bond acceptors (Lipinski definition) is 5. The van der Waals surface area contributed by atoms with E-state index in [0.717, 1.165) is 0 Å². The summed E-state index contributed by atoms with van der Waals surface area (Å²) in [5.41, 5.74) is 0. The Hall–Kier alpha value is -1.64. The van der Waals surface area contributed by atoms with Crippen LogP contribution in [0.15, 0.2) is 29.2 Å². The van der Waals surface area contributed by atoms with E-state index >= 15 is 0 Å². The SMILES string of the molecule is CC(C)[C@H](NC(=O)C1CCN(S(=O)(=O)c2ccc(Cl)cc2)CC1)C(=O)[O-]. The third kappa shape index (κ3) is 4.75. The van der Waals surface area contributed by atoms with Gasteiger partial charge in [0, 0.05) is 24.0 Å². The fraction of sp³-hybridized carbons (Fsp3) is 0.529. The molecule has 144 valence electrons. The number of carboxylic acid groups (broad SMARTS) is 1. The molecule has 1 aromatic carbocycles. The van der Waals surface area contributed by atoms with Crippen molar-refractivity contribution in [1.82, 2.24) is 9.62 Å². The smallest absolute Gasteiger partial charge is 0.243 e.